The number of morpholine rings is 1. The predicted molar refractivity (Wildman–Crippen MR) is 127 cm³/mol. The molecule has 2 aromatic heterocycles. The van der Waals surface area contributed by atoms with Crippen LogP contribution < -0.4 is 9.91 Å². The maximum atomic E-state index is 13.5. The van der Waals surface area contributed by atoms with Crippen molar-refractivity contribution >= 4 is 41.0 Å². The summed E-state index contributed by atoms with van der Waals surface area (Å²) < 4.78 is 10.4. The summed E-state index contributed by atoms with van der Waals surface area (Å²) in [5.74, 6) is 0.586. The van der Waals surface area contributed by atoms with Gasteiger partial charge in [0.2, 0.25) is 6.39 Å². The molecule has 4 heterocycles. The van der Waals surface area contributed by atoms with Crippen molar-refractivity contribution in [3.05, 3.63) is 53.1 Å². The van der Waals surface area contributed by atoms with E-state index in [0.29, 0.717) is 44.4 Å². The van der Waals surface area contributed by atoms with E-state index >= 15 is 0 Å². The number of hydrogen-bond acceptors (Lipinski definition) is 10. The topological polar surface area (TPSA) is 91.1 Å². The predicted octanol–water partition coefficient (Wildman–Crippen LogP) is 2.16. The van der Waals surface area contributed by atoms with E-state index in [4.69, 9.17) is 9.26 Å². The summed E-state index contributed by atoms with van der Waals surface area (Å²) in [7, 11) is 0. The number of anilines is 2. The van der Waals surface area contributed by atoms with E-state index in [1.807, 2.05) is 18.2 Å². The third-order valence-corrected chi connectivity index (χ3v) is 6.30. The van der Waals surface area contributed by atoms with Gasteiger partial charge in [0.15, 0.2) is 5.82 Å². The highest BCUT2D eigenvalue weighted by atomic mass is 35.5. The highest BCUT2D eigenvalue weighted by molar-refractivity contribution is 7.07. The van der Waals surface area contributed by atoms with E-state index in [9.17, 15) is 4.79 Å². The van der Waals surface area contributed by atoms with Crippen LogP contribution in [0, 0.1) is 0 Å². The maximum absolute atomic E-state index is 13.5. The van der Waals surface area contributed by atoms with Crippen molar-refractivity contribution in [3.63, 3.8) is 0 Å². The standard InChI is InChI=1S/C21H25N7O3S.ClH/c29-21(17-14-32-16-23-17)28(27-9-11-30-12-10-27)19-4-2-1-3-18(19)26-7-5-25(6-8-26)13-20-22-15-31-24-20;/h1-4,14-16H,5-13H2;1H. The molecule has 0 aliphatic carbocycles. The minimum Gasteiger partial charge on any atom is -0.379 e. The molecule has 33 heavy (non-hydrogen) atoms. The largest absolute Gasteiger partial charge is 0.379 e. The molecule has 0 unspecified atom stereocenters. The lowest BCUT2D eigenvalue weighted by molar-refractivity contribution is 0.0299. The van der Waals surface area contributed by atoms with Crippen LogP contribution >= 0.6 is 23.7 Å². The molecule has 0 spiro atoms. The first-order valence-electron chi connectivity index (χ1n) is 10.7. The van der Waals surface area contributed by atoms with Crippen LogP contribution in [0.4, 0.5) is 11.4 Å². The van der Waals surface area contributed by atoms with Gasteiger partial charge in [0.25, 0.3) is 5.91 Å². The van der Waals surface area contributed by atoms with Gasteiger partial charge in [0.05, 0.1) is 36.6 Å². The van der Waals surface area contributed by atoms with Crippen LogP contribution in [0.2, 0.25) is 0 Å². The zero-order chi connectivity index (χ0) is 21.8. The molecule has 0 bridgehead atoms. The molecule has 176 valence electrons. The lowest BCUT2D eigenvalue weighted by Crippen LogP contribution is -2.53. The molecule has 3 aromatic rings. The van der Waals surface area contributed by atoms with Crippen LogP contribution in [-0.4, -0.2) is 83.4 Å². The van der Waals surface area contributed by atoms with Gasteiger partial charge in [-0.3, -0.25) is 9.69 Å². The van der Waals surface area contributed by atoms with Gasteiger partial charge in [-0.2, -0.15) is 4.98 Å². The fourth-order valence-electron chi connectivity index (χ4n) is 4.09. The summed E-state index contributed by atoms with van der Waals surface area (Å²) in [4.78, 5) is 26.6. The second-order valence-electron chi connectivity index (χ2n) is 7.66. The quantitative estimate of drug-likeness (QED) is 0.514. The first-order valence-corrected chi connectivity index (χ1v) is 11.6. The van der Waals surface area contributed by atoms with E-state index in [2.05, 4.69) is 36.0 Å². The Hall–Kier alpha value is -2.57. The van der Waals surface area contributed by atoms with E-state index in [1.165, 1.54) is 17.7 Å². The molecule has 2 aliphatic rings. The lowest BCUT2D eigenvalue weighted by Gasteiger charge is -2.41. The van der Waals surface area contributed by atoms with Crippen LogP contribution in [0.15, 0.2) is 46.1 Å². The first-order chi connectivity index (χ1) is 15.8. The Morgan fingerprint density at radius 2 is 1.85 bits per heavy atom. The third kappa shape index (κ3) is 5.33. The molecule has 1 amide bonds. The summed E-state index contributed by atoms with van der Waals surface area (Å²) in [5, 5.41) is 9.57. The number of hydrogen-bond donors (Lipinski definition) is 0. The maximum Gasteiger partial charge on any atom is 0.292 e. The van der Waals surface area contributed by atoms with Crippen molar-refractivity contribution in [2.45, 2.75) is 6.54 Å². The third-order valence-electron chi connectivity index (χ3n) is 5.71. The summed E-state index contributed by atoms with van der Waals surface area (Å²) in [6.07, 6.45) is 1.36. The number of para-hydroxylation sites is 2. The lowest BCUT2D eigenvalue weighted by atomic mass is 10.2. The molecule has 10 nitrogen and oxygen atoms in total. The summed E-state index contributed by atoms with van der Waals surface area (Å²) in [5.41, 5.74) is 4.07. The Morgan fingerprint density at radius 3 is 2.55 bits per heavy atom. The van der Waals surface area contributed by atoms with Crippen molar-refractivity contribution in [2.75, 3.05) is 62.4 Å². The van der Waals surface area contributed by atoms with Gasteiger partial charge in [-0.25, -0.2) is 15.0 Å². The zero-order valence-electron chi connectivity index (χ0n) is 18.1. The number of aromatic nitrogens is 3. The molecular formula is C21H26ClN7O3S. The Labute approximate surface area is 202 Å². The van der Waals surface area contributed by atoms with Gasteiger partial charge in [-0.05, 0) is 12.1 Å². The van der Waals surface area contributed by atoms with Crippen LogP contribution in [0.1, 0.15) is 16.3 Å². The number of ether oxygens (including phenoxy) is 1. The fraction of sp³-hybridized carbons (Fsp3) is 0.429. The number of carbonyl (C=O) groups excluding carboxylic acids is 1. The molecule has 0 saturated carbocycles. The Morgan fingerprint density at radius 1 is 1.06 bits per heavy atom. The van der Waals surface area contributed by atoms with Crippen molar-refractivity contribution in [1.29, 1.82) is 0 Å². The van der Waals surface area contributed by atoms with Crippen molar-refractivity contribution in [2.24, 2.45) is 0 Å². The van der Waals surface area contributed by atoms with Gasteiger partial charge in [-0.15, -0.1) is 23.7 Å². The fourth-order valence-corrected chi connectivity index (χ4v) is 4.62. The summed E-state index contributed by atoms with van der Waals surface area (Å²) in [6.45, 7) is 6.61. The van der Waals surface area contributed by atoms with Gasteiger partial charge >= 0.3 is 0 Å². The normalized spacial score (nSPS) is 17.5. The van der Waals surface area contributed by atoms with Crippen LogP contribution in [0.25, 0.3) is 0 Å². The number of benzene rings is 1. The number of hydrazine groups is 1. The first kappa shape index (κ1) is 23.6. The van der Waals surface area contributed by atoms with Crippen LogP contribution in [-0.2, 0) is 11.3 Å². The molecule has 0 N–H and O–H groups in total. The molecule has 0 atom stereocenters. The van der Waals surface area contributed by atoms with Crippen LogP contribution in [0.5, 0.6) is 0 Å². The molecule has 0 radical (unpaired) electrons. The molecule has 2 saturated heterocycles. The monoisotopic (exact) mass is 491 g/mol. The number of thiazole rings is 1. The number of rotatable bonds is 6. The summed E-state index contributed by atoms with van der Waals surface area (Å²) in [6, 6.07) is 8.11. The zero-order valence-corrected chi connectivity index (χ0v) is 19.7. The van der Waals surface area contributed by atoms with Gasteiger partial charge in [0, 0.05) is 44.6 Å². The molecular weight excluding hydrogens is 466 g/mol. The molecule has 2 aliphatic heterocycles. The highest BCUT2D eigenvalue weighted by Gasteiger charge is 2.31. The summed E-state index contributed by atoms with van der Waals surface area (Å²) >= 11 is 1.43. The number of piperazine rings is 1. The molecule has 2 fully saturated rings. The highest BCUT2D eigenvalue weighted by Crippen LogP contribution is 2.32. The smallest absolute Gasteiger partial charge is 0.292 e. The minimum absolute atomic E-state index is 0. The van der Waals surface area contributed by atoms with Gasteiger partial charge < -0.3 is 14.2 Å². The van der Waals surface area contributed by atoms with E-state index in [1.54, 1.807) is 15.9 Å². The number of nitrogens with zero attached hydrogens (tertiary/aromatic N) is 7. The van der Waals surface area contributed by atoms with Crippen LogP contribution in [0.3, 0.4) is 0 Å². The average Bonchev–Trinajstić information content (AvgIpc) is 3.56. The van der Waals surface area contributed by atoms with Crippen molar-refractivity contribution < 1.29 is 14.1 Å². The Balaban J connectivity index is 0.00000259. The average molecular weight is 492 g/mol. The molecule has 12 heteroatoms. The Kier molecular flexibility index (Phi) is 7.89. The second kappa shape index (κ2) is 11.0. The van der Waals surface area contributed by atoms with Gasteiger partial charge in [0.1, 0.15) is 5.69 Å². The SMILES string of the molecule is Cl.O=C(c1cscn1)N(c1ccccc1N1CCN(Cc2ncon2)CC1)N1CCOCC1. The molecule has 1 aromatic carbocycles. The van der Waals surface area contributed by atoms with E-state index in [0.717, 1.165) is 37.6 Å². The van der Waals surface area contributed by atoms with E-state index in [-0.39, 0.29) is 18.3 Å². The number of amides is 1. The minimum atomic E-state index is -0.114. The van der Waals surface area contributed by atoms with Gasteiger partial charge in [-0.1, -0.05) is 17.3 Å². The Bertz CT molecular complexity index is 1010. The second-order valence-corrected chi connectivity index (χ2v) is 8.37. The van der Waals surface area contributed by atoms with E-state index < -0.39 is 0 Å². The number of carbonyl (C=O) groups is 1. The van der Waals surface area contributed by atoms with Crippen molar-refractivity contribution in [1.82, 2.24) is 25.0 Å². The number of halogens is 1. The molecule has 5 rings (SSSR count). The van der Waals surface area contributed by atoms with Crippen molar-refractivity contribution in [3.8, 4) is 0 Å².